The van der Waals surface area contributed by atoms with Gasteiger partial charge in [0.15, 0.2) is 5.17 Å². The van der Waals surface area contributed by atoms with Gasteiger partial charge < -0.3 is 14.4 Å². The summed E-state index contributed by atoms with van der Waals surface area (Å²) in [5.74, 6) is 0.667. The van der Waals surface area contributed by atoms with Gasteiger partial charge in [-0.15, -0.1) is 0 Å². The highest BCUT2D eigenvalue weighted by molar-refractivity contribution is 8.18. The fourth-order valence-corrected chi connectivity index (χ4v) is 3.23. The van der Waals surface area contributed by atoms with E-state index >= 15 is 0 Å². The minimum atomic E-state index is -0.166. The van der Waals surface area contributed by atoms with Crippen LogP contribution in [0.2, 0.25) is 0 Å². The molecular weight excluding hydrogens is 300 g/mol. The van der Waals surface area contributed by atoms with E-state index in [0.717, 1.165) is 29.6 Å². The first kappa shape index (κ1) is 15.1. The molecule has 116 valence electrons. The molecule has 1 saturated heterocycles. The van der Waals surface area contributed by atoms with Crippen molar-refractivity contribution < 1.29 is 14.3 Å². The Morgan fingerprint density at radius 2 is 2.05 bits per heavy atom. The Hall–Kier alpha value is -1.79. The number of ether oxygens (including phenoxy) is 2. The number of benzene rings is 1. The summed E-state index contributed by atoms with van der Waals surface area (Å²) >= 11 is 1.44. The summed E-state index contributed by atoms with van der Waals surface area (Å²) in [7, 11) is 0. The number of morpholine rings is 1. The van der Waals surface area contributed by atoms with Crippen LogP contribution in [0.25, 0.3) is 6.08 Å². The first-order valence-corrected chi connectivity index (χ1v) is 8.16. The lowest BCUT2D eigenvalue weighted by molar-refractivity contribution is -0.113. The molecule has 0 atom stereocenters. The molecule has 0 saturated carbocycles. The second-order valence-electron chi connectivity index (χ2n) is 4.91. The number of amidine groups is 1. The minimum absolute atomic E-state index is 0.166. The molecule has 1 fully saturated rings. The zero-order valence-electron chi connectivity index (χ0n) is 12.4. The van der Waals surface area contributed by atoms with E-state index in [-0.39, 0.29) is 5.91 Å². The van der Waals surface area contributed by atoms with Crippen LogP contribution in [0.15, 0.2) is 34.2 Å². The van der Waals surface area contributed by atoms with Gasteiger partial charge in [-0.3, -0.25) is 4.79 Å². The van der Waals surface area contributed by atoms with Crippen molar-refractivity contribution in [2.75, 3.05) is 32.9 Å². The first-order valence-electron chi connectivity index (χ1n) is 7.34. The predicted octanol–water partition coefficient (Wildman–Crippen LogP) is 2.39. The van der Waals surface area contributed by atoms with Crippen molar-refractivity contribution >= 4 is 28.9 Å². The number of nitrogens with zero attached hydrogens (tertiary/aromatic N) is 2. The van der Waals surface area contributed by atoms with Gasteiger partial charge in [0.2, 0.25) is 0 Å². The van der Waals surface area contributed by atoms with Crippen molar-refractivity contribution in [1.82, 2.24) is 4.90 Å². The number of rotatable bonds is 3. The molecule has 0 unspecified atom stereocenters. The van der Waals surface area contributed by atoms with Crippen LogP contribution in [0.1, 0.15) is 12.5 Å². The molecule has 22 heavy (non-hydrogen) atoms. The monoisotopic (exact) mass is 318 g/mol. The number of carbonyl (C=O) groups excluding carboxylic acids is 1. The Labute approximate surface area is 134 Å². The number of thioether (sulfide) groups is 1. The molecule has 3 rings (SSSR count). The summed E-state index contributed by atoms with van der Waals surface area (Å²) in [6.45, 7) is 5.54. The topological polar surface area (TPSA) is 51.1 Å². The van der Waals surface area contributed by atoms with Gasteiger partial charge in [-0.05, 0) is 42.5 Å². The molecular formula is C16H18N2O3S. The largest absolute Gasteiger partial charge is 0.494 e. The molecule has 6 heteroatoms. The normalized spacial score (nSPS) is 20.4. The van der Waals surface area contributed by atoms with E-state index in [1.807, 2.05) is 37.3 Å². The SMILES string of the molecule is CCOc1ccc(/C=C2\SC(N3CCOCC3)=NC2=O)cc1. The fourth-order valence-electron chi connectivity index (χ4n) is 2.27. The van der Waals surface area contributed by atoms with Gasteiger partial charge in [-0.25, -0.2) is 0 Å². The van der Waals surface area contributed by atoms with Crippen molar-refractivity contribution in [1.29, 1.82) is 0 Å². The summed E-state index contributed by atoms with van der Waals surface area (Å²) in [5, 5.41) is 0.783. The van der Waals surface area contributed by atoms with Crippen molar-refractivity contribution in [3.05, 3.63) is 34.7 Å². The summed E-state index contributed by atoms with van der Waals surface area (Å²) in [6, 6.07) is 7.70. The zero-order chi connectivity index (χ0) is 15.4. The van der Waals surface area contributed by atoms with Crippen LogP contribution in [0.3, 0.4) is 0 Å². The Morgan fingerprint density at radius 3 is 2.73 bits per heavy atom. The third-order valence-corrected chi connectivity index (χ3v) is 4.42. The summed E-state index contributed by atoms with van der Waals surface area (Å²) in [6.07, 6.45) is 1.87. The zero-order valence-corrected chi connectivity index (χ0v) is 13.3. The van der Waals surface area contributed by atoms with Gasteiger partial charge in [0.05, 0.1) is 24.7 Å². The Kier molecular flexibility index (Phi) is 4.80. The van der Waals surface area contributed by atoms with E-state index in [9.17, 15) is 4.79 Å². The molecule has 0 aliphatic carbocycles. The average molecular weight is 318 g/mol. The van der Waals surface area contributed by atoms with Gasteiger partial charge in [0.25, 0.3) is 5.91 Å². The van der Waals surface area contributed by atoms with E-state index < -0.39 is 0 Å². The summed E-state index contributed by atoms with van der Waals surface area (Å²) in [4.78, 5) is 19.0. The predicted molar refractivity (Wildman–Crippen MR) is 88.0 cm³/mol. The number of amides is 1. The standard InChI is InChI=1S/C16H18N2O3S/c1-2-21-13-5-3-12(4-6-13)11-14-15(19)17-16(22-14)18-7-9-20-10-8-18/h3-6,11H,2,7-10H2,1H3/b14-11-. The van der Waals surface area contributed by atoms with Crippen LogP contribution in [-0.4, -0.2) is 48.9 Å². The van der Waals surface area contributed by atoms with Crippen LogP contribution < -0.4 is 4.74 Å². The van der Waals surface area contributed by atoms with E-state index in [1.54, 1.807) is 0 Å². The van der Waals surface area contributed by atoms with Crippen LogP contribution in [0, 0.1) is 0 Å². The minimum Gasteiger partial charge on any atom is -0.494 e. The van der Waals surface area contributed by atoms with Crippen LogP contribution in [-0.2, 0) is 9.53 Å². The van der Waals surface area contributed by atoms with Gasteiger partial charge in [-0.2, -0.15) is 4.99 Å². The number of aliphatic imine (C=N–C) groups is 1. The maximum atomic E-state index is 12.0. The van der Waals surface area contributed by atoms with Crippen LogP contribution >= 0.6 is 11.8 Å². The maximum absolute atomic E-state index is 12.0. The van der Waals surface area contributed by atoms with E-state index in [4.69, 9.17) is 9.47 Å². The molecule has 2 heterocycles. The second kappa shape index (κ2) is 6.98. The van der Waals surface area contributed by atoms with Gasteiger partial charge in [0.1, 0.15) is 5.75 Å². The molecule has 0 spiro atoms. The van der Waals surface area contributed by atoms with Gasteiger partial charge in [-0.1, -0.05) is 12.1 Å². The lowest BCUT2D eigenvalue weighted by Gasteiger charge is -2.27. The highest BCUT2D eigenvalue weighted by atomic mass is 32.2. The van der Waals surface area contributed by atoms with E-state index in [1.165, 1.54) is 11.8 Å². The number of carbonyl (C=O) groups is 1. The van der Waals surface area contributed by atoms with Crippen LogP contribution in [0.5, 0.6) is 5.75 Å². The Balaban J connectivity index is 1.69. The van der Waals surface area contributed by atoms with E-state index in [0.29, 0.717) is 24.7 Å². The quantitative estimate of drug-likeness (QED) is 0.801. The third kappa shape index (κ3) is 3.51. The van der Waals surface area contributed by atoms with Gasteiger partial charge in [0, 0.05) is 13.1 Å². The Bertz CT molecular complexity index is 604. The maximum Gasteiger partial charge on any atom is 0.286 e. The Morgan fingerprint density at radius 1 is 1.32 bits per heavy atom. The van der Waals surface area contributed by atoms with Crippen LogP contribution in [0.4, 0.5) is 0 Å². The van der Waals surface area contributed by atoms with Crippen molar-refractivity contribution in [3.63, 3.8) is 0 Å². The smallest absolute Gasteiger partial charge is 0.286 e. The number of hydrogen-bond acceptors (Lipinski definition) is 5. The molecule has 0 bridgehead atoms. The molecule has 0 radical (unpaired) electrons. The molecule has 0 aromatic heterocycles. The highest BCUT2D eigenvalue weighted by Gasteiger charge is 2.26. The lowest BCUT2D eigenvalue weighted by Crippen LogP contribution is -2.38. The third-order valence-electron chi connectivity index (χ3n) is 3.38. The first-order chi connectivity index (χ1) is 10.8. The molecule has 1 aromatic carbocycles. The fraction of sp³-hybridized carbons (Fsp3) is 0.375. The van der Waals surface area contributed by atoms with Crippen molar-refractivity contribution in [3.8, 4) is 5.75 Å². The molecule has 1 aromatic rings. The summed E-state index contributed by atoms with van der Waals surface area (Å²) in [5.41, 5.74) is 0.970. The second-order valence-corrected chi connectivity index (χ2v) is 5.92. The molecule has 0 N–H and O–H groups in total. The van der Waals surface area contributed by atoms with Crippen molar-refractivity contribution in [2.45, 2.75) is 6.92 Å². The molecule has 1 amide bonds. The van der Waals surface area contributed by atoms with Gasteiger partial charge >= 0.3 is 0 Å². The van der Waals surface area contributed by atoms with Crippen molar-refractivity contribution in [2.24, 2.45) is 4.99 Å². The number of hydrogen-bond donors (Lipinski definition) is 0. The lowest BCUT2D eigenvalue weighted by atomic mass is 10.2. The average Bonchev–Trinajstić information content (AvgIpc) is 2.91. The molecule has 5 nitrogen and oxygen atoms in total. The highest BCUT2D eigenvalue weighted by Crippen LogP contribution is 2.30. The molecule has 2 aliphatic rings. The molecule has 2 aliphatic heterocycles. The van der Waals surface area contributed by atoms with E-state index in [2.05, 4.69) is 9.89 Å². The summed E-state index contributed by atoms with van der Waals surface area (Å²) < 4.78 is 10.7.